The maximum absolute atomic E-state index is 13.7. The number of benzene rings is 2. The molecule has 26 heavy (non-hydrogen) atoms. The summed E-state index contributed by atoms with van der Waals surface area (Å²) in [5.41, 5.74) is 1.15. The third-order valence-electron chi connectivity index (χ3n) is 3.74. The molecule has 2 atom stereocenters. The number of carbonyl (C=O) groups excluding carboxylic acids is 1. The fourth-order valence-corrected chi connectivity index (χ4v) is 6.07. The largest absolute Gasteiger partial charge is 0.336 e. The monoisotopic (exact) mass is 433 g/mol. The Morgan fingerprint density at radius 2 is 1.69 bits per heavy atom. The van der Waals surface area contributed by atoms with E-state index < -0.39 is 22.9 Å². The number of rotatable bonds is 6. The second-order valence-electron chi connectivity index (χ2n) is 5.58. The normalized spacial score (nSPS) is 15.1. The first-order valence-corrected chi connectivity index (χ1v) is 10.8. The van der Waals surface area contributed by atoms with E-state index in [-0.39, 0.29) is 6.61 Å². The van der Waals surface area contributed by atoms with Gasteiger partial charge in [-0.05, 0) is 37.6 Å². The summed E-state index contributed by atoms with van der Waals surface area (Å²) in [6.07, 6.45) is 0. The van der Waals surface area contributed by atoms with E-state index in [0.717, 1.165) is 5.56 Å². The van der Waals surface area contributed by atoms with Crippen LogP contribution in [-0.4, -0.2) is 22.1 Å². The van der Waals surface area contributed by atoms with Crippen molar-refractivity contribution in [2.45, 2.75) is 23.4 Å². The van der Waals surface area contributed by atoms with Crippen molar-refractivity contribution in [1.29, 1.82) is 0 Å². The van der Waals surface area contributed by atoms with Gasteiger partial charge in [0.25, 0.3) is 13.3 Å². The summed E-state index contributed by atoms with van der Waals surface area (Å²) in [4.78, 5) is 12.7. The third kappa shape index (κ3) is 4.82. The minimum absolute atomic E-state index is 0.129. The van der Waals surface area contributed by atoms with Crippen molar-refractivity contribution in [3.63, 3.8) is 0 Å². The number of halogens is 3. The first-order chi connectivity index (χ1) is 12.2. The topological polar surface area (TPSA) is 55.4 Å². The van der Waals surface area contributed by atoms with Crippen LogP contribution in [0.5, 0.6) is 0 Å². The van der Waals surface area contributed by atoms with Gasteiger partial charge < -0.3 is 9.84 Å². The summed E-state index contributed by atoms with van der Waals surface area (Å²) in [5.74, 6) is -1.84. The molecule has 0 saturated heterocycles. The highest BCUT2D eigenvalue weighted by atomic mass is 35.6. The van der Waals surface area contributed by atoms with Crippen molar-refractivity contribution in [2.75, 3.05) is 6.61 Å². The predicted molar refractivity (Wildman–Crippen MR) is 108 cm³/mol. The molecule has 0 saturated carbocycles. The van der Waals surface area contributed by atoms with E-state index in [1.807, 2.05) is 6.07 Å². The quantitative estimate of drug-likeness (QED) is 0.511. The van der Waals surface area contributed by atoms with Crippen molar-refractivity contribution < 1.29 is 13.9 Å². The smallest absolute Gasteiger partial charge is 0.258 e. The molecule has 0 aromatic heterocycles. The highest BCUT2D eigenvalue weighted by molar-refractivity contribution is 7.68. The van der Waals surface area contributed by atoms with Crippen LogP contribution in [0.4, 0.5) is 0 Å². The van der Waals surface area contributed by atoms with Crippen molar-refractivity contribution in [3.05, 3.63) is 65.7 Å². The van der Waals surface area contributed by atoms with Gasteiger partial charge in [0.05, 0.1) is 6.61 Å². The molecule has 1 N–H and O–H groups in total. The summed E-state index contributed by atoms with van der Waals surface area (Å²) in [6.45, 7) is 3.61. The minimum Gasteiger partial charge on any atom is -0.336 e. The van der Waals surface area contributed by atoms with E-state index >= 15 is 0 Å². The van der Waals surface area contributed by atoms with Gasteiger partial charge in [0.2, 0.25) is 3.79 Å². The molecule has 2 aromatic carbocycles. The number of nitrogens with one attached hydrogen (secondary N) is 1. The van der Waals surface area contributed by atoms with Gasteiger partial charge in [-0.15, -0.1) is 0 Å². The van der Waals surface area contributed by atoms with E-state index in [1.165, 1.54) is 0 Å². The Balaban J connectivity index is 2.47. The van der Waals surface area contributed by atoms with Crippen molar-refractivity contribution in [3.8, 4) is 0 Å². The molecule has 0 aliphatic rings. The zero-order chi connectivity index (χ0) is 19.4. The molecule has 0 unspecified atom stereocenters. The van der Waals surface area contributed by atoms with Crippen LogP contribution in [0.1, 0.15) is 22.8 Å². The summed E-state index contributed by atoms with van der Waals surface area (Å²) in [6, 6.07) is 15.4. The molecule has 0 fully saturated rings. The SMILES string of the molecule is CCO[P@](=O)(c1ccccc1)[C@@H](NC(=O)c1ccccc1C)C(Cl)(Cl)Cl. The molecule has 140 valence electrons. The molecule has 0 aliphatic carbocycles. The van der Waals surface area contributed by atoms with Gasteiger partial charge in [-0.25, -0.2) is 0 Å². The minimum atomic E-state index is -3.72. The molecule has 0 spiro atoms. The Morgan fingerprint density at radius 1 is 1.12 bits per heavy atom. The van der Waals surface area contributed by atoms with Crippen LogP contribution in [0, 0.1) is 6.92 Å². The highest BCUT2D eigenvalue weighted by Gasteiger charge is 2.49. The molecule has 0 heterocycles. The Morgan fingerprint density at radius 3 is 2.23 bits per heavy atom. The van der Waals surface area contributed by atoms with Crippen LogP contribution < -0.4 is 10.6 Å². The Hall–Kier alpha value is -1.03. The molecule has 8 heteroatoms. The van der Waals surface area contributed by atoms with Crippen molar-refractivity contribution >= 4 is 53.4 Å². The Bertz CT molecular complexity index is 809. The van der Waals surface area contributed by atoms with Crippen molar-refractivity contribution in [2.24, 2.45) is 0 Å². The van der Waals surface area contributed by atoms with Gasteiger partial charge in [0, 0.05) is 10.9 Å². The maximum atomic E-state index is 13.7. The average Bonchev–Trinajstić information content (AvgIpc) is 2.59. The molecular formula is C18H19Cl3NO3P. The summed E-state index contributed by atoms with van der Waals surface area (Å²) < 4.78 is 17.2. The number of carbonyl (C=O) groups is 1. The van der Waals surface area contributed by atoms with Crippen LogP contribution in [0.25, 0.3) is 0 Å². The van der Waals surface area contributed by atoms with E-state index in [2.05, 4.69) is 5.32 Å². The molecule has 2 rings (SSSR count). The molecule has 0 radical (unpaired) electrons. The standard InChI is InChI=1S/C18H19Cl3NO3P/c1-3-25-26(24,14-10-5-4-6-11-14)17(18(19,20)21)22-16(23)15-12-8-7-9-13(15)2/h4-12,17H,3H2,1-2H3,(H,22,23)/t17-,26-/m1/s1. The molecule has 1 amide bonds. The van der Waals surface area contributed by atoms with Gasteiger partial charge in [0.1, 0.15) is 0 Å². The molecule has 0 bridgehead atoms. The lowest BCUT2D eigenvalue weighted by Gasteiger charge is -2.32. The summed E-state index contributed by atoms with van der Waals surface area (Å²) >= 11 is 18.3. The lowest BCUT2D eigenvalue weighted by atomic mass is 10.1. The third-order valence-corrected chi connectivity index (χ3v) is 7.71. The van der Waals surface area contributed by atoms with Crippen LogP contribution in [0.2, 0.25) is 0 Å². The van der Waals surface area contributed by atoms with E-state index in [9.17, 15) is 9.36 Å². The maximum Gasteiger partial charge on any atom is 0.258 e. The van der Waals surface area contributed by atoms with Crippen LogP contribution in [0.3, 0.4) is 0 Å². The molecule has 2 aromatic rings. The fourth-order valence-electron chi connectivity index (χ4n) is 2.51. The van der Waals surface area contributed by atoms with Gasteiger partial charge >= 0.3 is 0 Å². The number of hydrogen-bond donors (Lipinski definition) is 1. The number of hydrogen-bond acceptors (Lipinski definition) is 3. The lowest BCUT2D eigenvalue weighted by Crippen LogP contribution is -2.46. The Labute approximate surface area is 168 Å². The van der Waals surface area contributed by atoms with Crippen LogP contribution in [-0.2, 0) is 9.09 Å². The fraction of sp³-hybridized carbons (Fsp3) is 0.278. The van der Waals surface area contributed by atoms with Gasteiger partial charge in [-0.2, -0.15) is 0 Å². The van der Waals surface area contributed by atoms with Crippen molar-refractivity contribution in [1.82, 2.24) is 5.32 Å². The van der Waals surface area contributed by atoms with Crippen LogP contribution >= 0.6 is 42.2 Å². The molecule has 4 nitrogen and oxygen atoms in total. The zero-order valence-electron chi connectivity index (χ0n) is 14.3. The number of amides is 1. The predicted octanol–water partition coefficient (Wildman–Crippen LogP) is 5.06. The summed E-state index contributed by atoms with van der Waals surface area (Å²) in [7, 11) is -3.72. The average molecular weight is 435 g/mol. The second kappa shape index (κ2) is 8.77. The van der Waals surface area contributed by atoms with Gasteiger partial charge in [0.15, 0.2) is 5.78 Å². The second-order valence-corrected chi connectivity index (χ2v) is 10.4. The number of alkyl halides is 3. The zero-order valence-corrected chi connectivity index (χ0v) is 17.4. The van der Waals surface area contributed by atoms with E-state index in [0.29, 0.717) is 10.9 Å². The van der Waals surface area contributed by atoms with E-state index in [1.54, 1.807) is 62.4 Å². The number of aryl methyl sites for hydroxylation is 1. The van der Waals surface area contributed by atoms with Gasteiger partial charge in [-0.1, -0.05) is 71.2 Å². The van der Waals surface area contributed by atoms with Gasteiger partial charge in [-0.3, -0.25) is 9.36 Å². The first kappa shape index (κ1) is 21.3. The van der Waals surface area contributed by atoms with Crippen LogP contribution in [0.15, 0.2) is 54.6 Å². The highest BCUT2D eigenvalue weighted by Crippen LogP contribution is 2.57. The molecule has 0 aliphatic heterocycles. The molecular weight excluding hydrogens is 416 g/mol. The Kier molecular flexibility index (Phi) is 7.18. The lowest BCUT2D eigenvalue weighted by molar-refractivity contribution is 0.0945. The van der Waals surface area contributed by atoms with E-state index in [4.69, 9.17) is 39.3 Å². The first-order valence-electron chi connectivity index (χ1n) is 7.93. The summed E-state index contributed by atoms with van der Waals surface area (Å²) in [5, 5.41) is 2.98.